The molecule has 22 heavy (non-hydrogen) atoms. The van der Waals surface area contributed by atoms with Crippen LogP contribution in [-0.4, -0.2) is 56.1 Å². The molecular formula is C15H19ClN2O3S. The van der Waals surface area contributed by atoms with Crippen molar-refractivity contribution in [3.05, 3.63) is 41.4 Å². The molecule has 120 valence electrons. The number of piperazine rings is 1. The molecule has 1 aliphatic rings. The normalized spacial score (nSPS) is 17.4. The van der Waals surface area contributed by atoms with E-state index in [0.717, 1.165) is 0 Å². The Morgan fingerprint density at radius 3 is 2.45 bits per heavy atom. The van der Waals surface area contributed by atoms with E-state index in [4.69, 9.17) is 11.6 Å². The van der Waals surface area contributed by atoms with Gasteiger partial charge in [0.25, 0.3) is 0 Å². The van der Waals surface area contributed by atoms with E-state index in [-0.39, 0.29) is 10.7 Å². The van der Waals surface area contributed by atoms with Crippen LogP contribution in [0.15, 0.2) is 40.8 Å². The van der Waals surface area contributed by atoms with Gasteiger partial charge in [0.2, 0.25) is 10.0 Å². The highest BCUT2D eigenvalue weighted by Crippen LogP contribution is 2.19. The second-order valence-corrected chi connectivity index (χ2v) is 7.75. The van der Waals surface area contributed by atoms with E-state index in [9.17, 15) is 13.2 Å². The number of ketones is 1. The molecule has 2 rings (SSSR count). The Labute approximate surface area is 136 Å². The summed E-state index contributed by atoms with van der Waals surface area (Å²) in [4.78, 5) is 13.6. The number of halogens is 1. The van der Waals surface area contributed by atoms with Crippen molar-refractivity contribution in [1.29, 1.82) is 0 Å². The van der Waals surface area contributed by atoms with Gasteiger partial charge in [-0.2, -0.15) is 4.31 Å². The largest absolute Gasteiger partial charge is 0.296 e. The van der Waals surface area contributed by atoms with E-state index in [2.05, 4.69) is 11.5 Å². The van der Waals surface area contributed by atoms with Crippen LogP contribution in [0.3, 0.4) is 0 Å². The maximum absolute atomic E-state index is 12.6. The first kappa shape index (κ1) is 17.1. The SMILES string of the molecule is C=C(Cl)CN1CCN(S(=O)(=O)c2cccc(C(C)=O)c2)CC1. The van der Waals surface area contributed by atoms with Gasteiger partial charge >= 0.3 is 0 Å². The van der Waals surface area contributed by atoms with Crippen molar-refractivity contribution in [3.63, 3.8) is 0 Å². The summed E-state index contributed by atoms with van der Waals surface area (Å²) in [5, 5.41) is 0.547. The zero-order valence-electron chi connectivity index (χ0n) is 12.5. The van der Waals surface area contributed by atoms with Gasteiger partial charge in [0.1, 0.15) is 0 Å². The second kappa shape index (κ2) is 6.91. The van der Waals surface area contributed by atoms with Crippen LogP contribution in [0.25, 0.3) is 0 Å². The highest BCUT2D eigenvalue weighted by molar-refractivity contribution is 7.89. The van der Waals surface area contributed by atoms with Crippen LogP contribution in [0, 0.1) is 0 Å². The first-order chi connectivity index (χ1) is 10.3. The second-order valence-electron chi connectivity index (χ2n) is 5.28. The van der Waals surface area contributed by atoms with E-state index >= 15 is 0 Å². The maximum atomic E-state index is 12.6. The smallest absolute Gasteiger partial charge is 0.243 e. The first-order valence-corrected chi connectivity index (χ1v) is 8.79. The predicted molar refractivity (Wildman–Crippen MR) is 86.6 cm³/mol. The van der Waals surface area contributed by atoms with Crippen molar-refractivity contribution >= 4 is 27.4 Å². The van der Waals surface area contributed by atoms with Gasteiger partial charge in [0, 0.05) is 43.3 Å². The molecule has 1 heterocycles. The van der Waals surface area contributed by atoms with Gasteiger partial charge in [-0.3, -0.25) is 9.69 Å². The van der Waals surface area contributed by atoms with Gasteiger partial charge in [0.05, 0.1) is 4.90 Å². The van der Waals surface area contributed by atoms with E-state index in [1.54, 1.807) is 12.1 Å². The molecule has 5 nitrogen and oxygen atoms in total. The molecule has 0 unspecified atom stereocenters. The lowest BCUT2D eigenvalue weighted by atomic mass is 10.2. The molecule has 0 amide bonds. The number of Topliss-reactive ketones (excluding diaryl/α,β-unsaturated/α-hetero) is 1. The lowest BCUT2D eigenvalue weighted by Crippen LogP contribution is -2.48. The van der Waals surface area contributed by atoms with Crippen LogP contribution < -0.4 is 0 Å². The van der Waals surface area contributed by atoms with Gasteiger partial charge in [-0.25, -0.2) is 8.42 Å². The summed E-state index contributed by atoms with van der Waals surface area (Å²) >= 11 is 5.78. The molecule has 0 aliphatic carbocycles. The van der Waals surface area contributed by atoms with Crippen molar-refractivity contribution in [2.45, 2.75) is 11.8 Å². The van der Waals surface area contributed by atoms with Crippen molar-refractivity contribution < 1.29 is 13.2 Å². The van der Waals surface area contributed by atoms with Crippen LogP contribution in [-0.2, 0) is 10.0 Å². The molecular weight excluding hydrogens is 324 g/mol. The third-order valence-electron chi connectivity index (χ3n) is 3.60. The summed E-state index contributed by atoms with van der Waals surface area (Å²) < 4.78 is 26.7. The van der Waals surface area contributed by atoms with E-state index in [1.165, 1.54) is 23.4 Å². The lowest BCUT2D eigenvalue weighted by Gasteiger charge is -2.33. The zero-order chi connectivity index (χ0) is 16.3. The van der Waals surface area contributed by atoms with Crippen LogP contribution >= 0.6 is 11.6 Å². The number of nitrogens with zero attached hydrogens (tertiary/aromatic N) is 2. The fourth-order valence-corrected chi connectivity index (χ4v) is 4.03. The Kier molecular flexibility index (Phi) is 5.39. The van der Waals surface area contributed by atoms with Gasteiger partial charge in [0.15, 0.2) is 5.78 Å². The fourth-order valence-electron chi connectivity index (χ4n) is 2.40. The van der Waals surface area contributed by atoms with Crippen LogP contribution in [0.4, 0.5) is 0 Å². The fraction of sp³-hybridized carbons (Fsp3) is 0.400. The highest BCUT2D eigenvalue weighted by atomic mass is 35.5. The third kappa shape index (κ3) is 3.95. The highest BCUT2D eigenvalue weighted by Gasteiger charge is 2.28. The summed E-state index contributed by atoms with van der Waals surface area (Å²) in [6.45, 7) is 7.65. The number of hydrogen-bond donors (Lipinski definition) is 0. The number of sulfonamides is 1. The molecule has 0 radical (unpaired) electrons. The van der Waals surface area contributed by atoms with Crippen molar-refractivity contribution in [2.75, 3.05) is 32.7 Å². The maximum Gasteiger partial charge on any atom is 0.243 e. The molecule has 0 saturated carbocycles. The zero-order valence-corrected chi connectivity index (χ0v) is 14.0. The van der Waals surface area contributed by atoms with E-state index in [0.29, 0.717) is 43.3 Å². The van der Waals surface area contributed by atoms with E-state index < -0.39 is 10.0 Å². The number of benzene rings is 1. The molecule has 0 aromatic heterocycles. The monoisotopic (exact) mass is 342 g/mol. The Morgan fingerprint density at radius 2 is 1.91 bits per heavy atom. The van der Waals surface area contributed by atoms with Crippen LogP contribution in [0.2, 0.25) is 0 Å². The minimum atomic E-state index is -3.57. The molecule has 1 aliphatic heterocycles. The summed E-state index contributed by atoms with van der Waals surface area (Å²) in [6.07, 6.45) is 0. The number of carbonyl (C=O) groups is 1. The number of hydrogen-bond acceptors (Lipinski definition) is 4. The molecule has 1 aromatic rings. The van der Waals surface area contributed by atoms with Gasteiger partial charge in [-0.1, -0.05) is 30.3 Å². The van der Waals surface area contributed by atoms with Crippen molar-refractivity contribution in [1.82, 2.24) is 9.21 Å². The Hall–Kier alpha value is -1.21. The van der Waals surface area contributed by atoms with Gasteiger partial charge in [-0.15, -0.1) is 0 Å². The number of rotatable bonds is 5. The molecule has 0 bridgehead atoms. The lowest BCUT2D eigenvalue weighted by molar-refractivity contribution is 0.101. The van der Waals surface area contributed by atoms with Crippen LogP contribution in [0.1, 0.15) is 17.3 Å². The molecule has 1 aromatic carbocycles. The minimum Gasteiger partial charge on any atom is -0.296 e. The Morgan fingerprint density at radius 1 is 1.27 bits per heavy atom. The Bertz CT molecular complexity index is 680. The molecule has 0 N–H and O–H groups in total. The van der Waals surface area contributed by atoms with Gasteiger partial charge < -0.3 is 0 Å². The van der Waals surface area contributed by atoms with Gasteiger partial charge in [-0.05, 0) is 19.1 Å². The van der Waals surface area contributed by atoms with E-state index in [1.807, 2.05) is 0 Å². The van der Waals surface area contributed by atoms with Crippen molar-refractivity contribution in [3.8, 4) is 0 Å². The Balaban J connectivity index is 2.13. The summed E-state index contributed by atoms with van der Waals surface area (Å²) in [7, 11) is -3.57. The summed E-state index contributed by atoms with van der Waals surface area (Å²) in [6, 6.07) is 6.17. The standard InChI is InChI=1S/C15H19ClN2O3S/c1-12(16)11-17-6-8-18(9-7-17)22(20,21)15-5-3-4-14(10-15)13(2)19/h3-5,10H,1,6-9,11H2,2H3. The summed E-state index contributed by atoms with van der Waals surface area (Å²) in [5.74, 6) is -0.150. The molecule has 1 saturated heterocycles. The average molecular weight is 343 g/mol. The molecule has 0 atom stereocenters. The first-order valence-electron chi connectivity index (χ1n) is 6.97. The predicted octanol–water partition coefficient (Wildman–Crippen LogP) is 1.95. The molecule has 0 spiro atoms. The topological polar surface area (TPSA) is 57.7 Å². The average Bonchev–Trinajstić information content (AvgIpc) is 2.47. The van der Waals surface area contributed by atoms with Crippen molar-refractivity contribution in [2.24, 2.45) is 0 Å². The van der Waals surface area contributed by atoms with Crippen LogP contribution in [0.5, 0.6) is 0 Å². The molecule has 1 fully saturated rings. The number of carbonyl (C=O) groups excluding carboxylic acids is 1. The minimum absolute atomic E-state index is 0.150. The summed E-state index contributed by atoms with van der Waals surface area (Å²) in [5.41, 5.74) is 0.401. The third-order valence-corrected chi connectivity index (χ3v) is 5.62. The quantitative estimate of drug-likeness (QED) is 0.767. The molecule has 7 heteroatoms.